The first-order valence-corrected chi connectivity index (χ1v) is 7.33. The Labute approximate surface area is 121 Å². The van der Waals surface area contributed by atoms with Crippen molar-refractivity contribution >= 4 is 12.0 Å². The maximum Gasteiger partial charge on any atom is 0.317 e. The zero-order valence-corrected chi connectivity index (χ0v) is 12.8. The van der Waals surface area contributed by atoms with E-state index in [9.17, 15) is 9.59 Å². The van der Waals surface area contributed by atoms with Crippen molar-refractivity contribution in [3.05, 3.63) is 0 Å². The largest absolute Gasteiger partial charge is 0.481 e. The van der Waals surface area contributed by atoms with E-state index in [1.807, 2.05) is 6.92 Å². The molecule has 1 saturated carbocycles. The third-order valence-electron chi connectivity index (χ3n) is 4.32. The minimum absolute atomic E-state index is 0.0138. The Morgan fingerprint density at radius 1 is 1.25 bits per heavy atom. The van der Waals surface area contributed by atoms with Gasteiger partial charge in [-0.2, -0.15) is 0 Å². The lowest BCUT2D eigenvalue weighted by atomic mass is 9.96. The van der Waals surface area contributed by atoms with Crippen LogP contribution < -0.4 is 5.32 Å². The van der Waals surface area contributed by atoms with Crippen molar-refractivity contribution in [2.45, 2.75) is 44.6 Å². The quantitative estimate of drug-likeness (QED) is 0.741. The van der Waals surface area contributed by atoms with E-state index in [2.05, 4.69) is 24.3 Å². The molecule has 0 bridgehead atoms. The van der Waals surface area contributed by atoms with Gasteiger partial charge in [0.05, 0.1) is 6.42 Å². The molecule has 1 aliphatic rings. The lowest BCUT2D eigenvalue weighted by molar-refractivity contribution is -0.137. The molecule has 1 rings (SSSR count). The van der Waals surface area contributed by atoms with Gasteiger partial charge in [0.25, 0.3) is 0 Å². The lowest BCUT2D eigenvalue weighted by Crippen LogP contribution is -2.53. The van der Waals surface area contributed by atoms with Crippen molar-refractivity contribution in [2.24, 2.45) is 0 Å². The summed E-state index contributed by atoms with van der Waals surface area (Å²) in [5.74, 6) is -0.878. The smallest absolute Gasteiger partial charge is 0.317 e. The first-order chi connectivity index (χ1) is 9.41. The van der Waals surface area contributed by atoms with Gasteiger partial charge in [-0.25, -0.2) is 4.79 Å². The van der Waals surface area contributed by atoms with E-state index in [0.29, 0.717) is 13.1 Å². The third kappa shape index (κ3) is 4.37. The summed E-state index contributed by atoms with van der Waals surface area (Å²) in [7, 11) is 4.11. The second kappa shape index (κ2) is 7.47. The molecule has 0 aromatic rings. The van der Waals surface area contributed by atoms with E-state index in [4.69, 9.17) is 5.11 Å². The van der Waals surface area contributed by atoms with E-state index in [-0.39, 0.29) is 24.5 Å². The highest BCUT2D eigenvalue weighted by molar-refractivity contribution is 5.75. The van der Waals surface area contributed by atoms with Gasteiger partial charge in [-0.15, -0.1) is 0 Å². The van der Waals surface area contributed by atoms with Crippen LogP contribution in [0.2, 0.25) is 0 Å². The van der Waals surface area contributed by atoms with Gasteiger partial charge in [0.1, 0.15) is 0 Å². The fourth-order valence-corrected chi connectivity index (χ4v) is 2.80. The number of likely N-dealkylation sites (N-methyl/N-ethyl adjacent to an activating group) is 1. The molecule has 0 atom stereocenters. The Bertz CT molecular complexity index is 339. The molecule has 20 heavy (non-hydrogen) atoms. The minimum atomic E-state index is -0.878. The molecule has 2 N–H and O–H groups in total. The average Bonchev–Trinajstić information content (AvgIpc) is 2.86. The summed E-state index contributed by atoms with van der Waals surface area (Å²) >= 11 is 0. The van der Waals surface area contributed by atoms with E-state index in [1.165, 1.54) is 12.8 Å². The van der Waals surface area contributed by atoms with E-state index in [1.54, 1.807) is 4.90 Å². The van der Waals surface area contributed by atoms with Crippen LogP contribution in [0.1, 0.15) is 39.0 Å². The number of urea groups is 1. The van der Waals surface area contributed by atoms with Gasteiger partial charge in [0.15, 0.2) is 0 Å². The van der Waals surface area contributed by atoms with Gasteiger partial charge in [0, 0.05) is 25.2 Å². The topological polar surface area (TPSA) is 72.9 Å². The molecule has 0 aliphatic heterocycles. The monoisotopic (exact) mass is 285 g/mol. The number of hydrogen-bond donors (Lipinski definition) is 2. The van der Waals surface area contributed by atoms with E-state index in [0.717, 1.165) is 12.8 Å². The SMILES string of the molecule is CCN(CCC(=O)O)C(=O)NCC1(N(C)C)CCCC1. The molecule has 0 saturated heterocycles. The molecular formula is C14H27N3O3. The first-order valence-electron chi connectivity index (χ1n) is 7.33. The van der Waals surface area contributed by atoms with Gasteiger partial charge in [0.2, 0.25) is 0 Å². The molecule has 1 fully saturated rings. The Morgan fingerprint density at radius 2 is 1.85 bits per heavy atom. The van der Waals surface area contributed by atoms with Crippen LogP contribution in [0.5, 0.6) is 0 Å². The summed E-state index contributed by atoms with van der Waals surface area (Å²) in [4.78, 5) is 26.4. The standard InChI is InChI=1S/C14H27N3O3/c1-4-17(10-7-12(18)19)13(20)15-11-14(16(2)3)8-5-6-9-14/h4-11H2,1-3H3,(H,15,20)(H,18,19). The number of carbonyl (C=O) groups is 2. The van der Waals surface area contributed by atoms with Crippen molar-refractivity contribution in [1.82, 2.24) is 15.1 Å². The molecule has 6 heteroatoms. The van der Waals surface area contributed by atoms with Crippen LogP contribution in [-0.4, -0.2) is 66.2 Å². The summed E-state index contributed by atoms with van der Waals surface area (Å²) < 4.78 is 0. The number of carbonyl (C=O) groups excluding carboxylic acids is 1. The molecule has 0 spiro atoms. The molecule has 0 heterocycles. The number of rotatable bonds is 7. The highest BCUT2D eigenvalue weighted by atomic mass is 16.4. The predicted octanol–water partition coefficient (Wildman–Crippen LogP) is 1.37. The van der Waals surface area contributed by atoms with Crippen LogP contribution in [0.3, 0.4) is 0 Å². The first kappa shape index (κ1) is 16.8. The molecular weight excluding hydrogens is 258 g/mol. The maximum atomic E-state index is 12.1. The normalized spacial score (nSPS) is 17.2. The summed E-state index contributed by atoms with van der Waals surface area (Å²) in [6, 6.07) is -0.165. The van der Waals surface area contributed by atoms with Gasteiger partial charge >= 0.3 is 12.0 Å². The zero-order valence-electron chi connectivity index (χ0n) is 12.8. The number of amides is 2. The molecule has 0 aromatic heterocycles. The summed E-state index contributed by atoms with van der Waals surface area (Å²) in [5.41, 5.74) is 0.0574. The molecule has 2 amide bonds. The lowest BCUT2D eigenvalue weighted by Gasteiger charge is -2.37. The second-order valence-electron chi connectivity index (χ2n) is 5.71. The van der Waals surface area contributed by atoms with Crippen molar-refractivity contribution in [2.75, 3.05) is 33.7 Å². The highest BCUT2D eigenvalue weighted by Crippen LogP contribution is 2.33. The number of carboxylic acids is 1. The summed E-state index contributed by atoms with van der Waals surface area (Å²) in [6.07, 6.45) is 4.58. The fraction of sp³-hybridized carbons (Fsp3) is 0.857. The number of nitrogens with one attached hydrogen (secondary N) is 1. The van der Waals surface area contributed by atoms with Crippen LogP contribution in [0.4, 0.5) is 4.79 Å². The van der Waals surface area contributed by atoms with Gasteiger partial charge in [-0.1, -0.05) is 12.8 Å². The maximum absolute atomic E-state index is 12.1. The number of nitrogens with zero attached hydrogens (tertiary/aromatic N) is 2. The van der Waals surface area contributed by atoms with Gasteiger partial charge in [-0.05, 0) is 33.9 Å². The minimum Gasteiger partial charge on any atom is -0.481 e. The second-order valence-corrected chi connectivity index (χ2v) is 5.71. The van der Waals surface area contributed by atoms with E-state index >= 15 is 0 Å². The Hall–Kier alpha value is -1.30. The number of carboxylic acid groups (broad SMARTS) is 1. The van der Waals surface area contributed by atoms with Crippen LogP contribution >= 0.6 is 0 Å². The van der Waals surface area contributed by atoms with Crippen molar-refractivity contribution in [3.63, 3.8) is 0 Å². The summed E-state index contributed by atoms with van der Waals surface area (Å²) in [5, 5.41) is 11.7. The molecule has 6 nitrogen and oxygen atoms in total. The van der Waals surface area contributed by atoms with Crippen LogP contribution in [0.25, 0.3) is 0 Å². The third-order valence-corrected chi connectivity index (χ3v) is 4.32. The summed E-state index contributed by atoms with van der Waals surface area (Å²) in [6.45, 7) is 3.27. The highest BCUT2D eigenvalue weighted by Gasteiger charge is 2.36. The van der Waals surface area contributed by atoms with Crippen LogP contribution in [0, 0.1) is 0 Å². The van der Waals surface area contributed by atoms with Crippen molar-refractivity contribution < 1.29 is 14.7 Å². The zero-order chi connectivity index (χ0) is 15.2. The number of aliphatic carboxylic acids is 1. The Kier molecular flexibility index (Phi) is 6.26. The fourth-order valence-electron chi connectivity index (χ4n) is 2.80. The van der Waals surface area contributed by atoms with Gasteiger partial charge < -0.3 is 20.2 Å². The number of hydrogen-bond acceptors (Lipinski definition) is 3. The molecule has 0 radical (unpaired) electrons. The van der Waals surface area contributed by atoms with E-state index < -0.39 is 5.97 Å². The molecule has 0 aromatic carbocycles. The molecule has 0 unspecified atom stereocenters. The van der Waals surface area contributed by atoms with Crippen molar-refractivity contribution in [3.8, 4) is 0 Å². The molecule has 1 aliphatic carbocycles. The predicted molar refractivity (Wildman–Crippen MR) is 77.8 cm³/mol. The average molecular weight is 285 g/mol. The molecule has 116 valence electrons. The van der Waals surface area contributed by atoms with Crippen molar-refractivity contribution in [1.29, 1.82) is 0 Å². The van der Waals surface area contributed by atoms with Crippen LogP contribution in [0.15, 0.2) is 0 Å². The Morgan fingerprint density at radius 3 is 2.30 bits per heavy atom. The van der Waals surface area contributed by atoms with Crippen LogP contribution in [-0.2, 0) is 4.79 Å². The Balaban J connectivity index is 2.49. The van der Waals surface area contributed by atoms with Gasteiger partial charge in [-0.3, -0.25) is 4.79 Å².